The van der Waals surface area contributed by atoms with Crippen LogP contribution in [0.3, 0.4) is 0 Å². The molecule has 3 heterocycles. The van der Waals surface area contributed by atoms with Crippen LogP contribution in [0.15, 0.2) is 18.3 Å². The van der Waals surface area contributed by atoms with E-state index in [1.165, 1.54) is 6.07 Å². The Hall–Kier alpha value is -2.39. The molecule has 1 aromatic heterocycles. The van der Waals surface area contributed by atoms with Gasteiger partial charge in [-0.15, -0.1) is 0 Å². The molecule has 2 aliphatic rings. The fourth-order valence-corrected chi connectivity index (χ4v) is 4.35. The number of imidazole rings is 1. The van der Waals surface area contributed by atoms with Gasteiger partial charge in [-0.2, -0.15) is 0 Å². The number of amides is 1. The Morgan fingerprint density at radius 1 is 1.24 bits per heavy atom. The summed E-state index contributed by atoms with van der Waals surface area (Å²) >= 11 is 0. The zero-order valence-corrected chi connectivity index (χ0v) is 21.4. The molecule has 0 bridgehead atoms. The van der Waals surface area contributed by atoms with E-state index in [1.54, 1.807) is 17.2 Å². The van der Waals surface area contributed by atoms with Crippen LogP contribution in [0, 0.1) is 12.7 Å². The van der Waals surface area contributed by atoms with Crippen molar-refractivity contribution >= 4 is 18.7 Å². The number of benzene rings is 1. The SMILES string of the molecule is Cc1cc(-c2c[nH]c([C@@H]3CCCN3C(=O)OC(C)(C)C)n2)c(F)cc1B1OC(C)(C)C(C)(C)O1. The normalized spacial score (nSPS) is 21.9. The summed E-state index contributed by atoms with van der Waals surface area (Å²) in [6.45, 7) is 16.0. The van der Waals surface area contributed by atoms with Gasteiger partial charge in [0.25, 0.3) is 0 Å². The Labute approximate surface area is 201 Å². The Morgan fingerprint density at radius 3 is 2.50 bits per heavy atom. The number of ether oxygens (including phenoxy) is 1. The van der Waals surface area contributed by atoms with Crippen LogP contribution in [0.2, 0.25) is 0 Å². The molecule has 184 valence electrons. The highest BCUT2D eigenvalue weighted by atomic mass is 19.1. The summed E-state index contributed by atoms with van der Waals surface area (Å²) < 4.78 is 33.1. The van der Waals surface area contributed by atoms with Gasteiger partial charge in [-0.3, -0.25) is 4.90 Å². The van der Waals surface area contributed by atoms with Gasteiger partial charge in [0.05, 0.1) is 22.9 Å². The molecule has 1 aromatic carbocycles. The van der Waals surface area contributed by atoms with E-state index in [0.29, 0.717) is 29.1 Å². The molecule has 2 aromatic rings. The zero-order valence-electron chi connectivity index (χ0n) is 21.4. The predicted octanol–water partition coefficient (Wildman–Crippen LogP) is 4.90. The van der Waals surface area contributed by atoms with Gasteiger partial charge in [0, 0.05) is 18.3 Å². The lowest BCUT2D eigenvalue weighted by Crippen LogP contribution is -2.41. The molecule has 4 rings (SSSR count). The van der Waals surface area contributed by atoms with E-state index in [4.69, 9.17) is 14.0 Å². The minimum absolute atomic E-state index is 0.225. The number of rotatable bonds is 3. The fraction of sp³-hybridized carbons (Fsp3) is 0.600. The van der Waals surface area contributed by atoms with Crippen molar-refractivity contribution in [3.8, 4) is 11.3 Å². The average molecular weight is 471 g/mol. The fourth-order valence-electron chi connectivity index (χ4n) is 4.35. The largest absolute Gasteiger partial charge is 0.495 e. The first-order chi connectivity index (χ1) is 15.7. The summed E-state index contributed by atoms with van der Waals surface area (Å²) in [5.74, 6) is 0.231. The topological polar surface area (TPSA) is 76.7 Å². The van der Waals surface area contributed by atoms with Gasteiger partial charge in [-0.05, 0) is 85.8 Å². The number of carbonyl (C=O) groups is 1. The molecule has 1 amide bonds. The van der Waals surface area contributed by atoms with Crippen LogP contribution in [-0.2, 0) is 14.0 Å². The molecule has 2 fully saturated rings. The first-order valence-corrected chi connectivity index (χ1v) is 11.9. The first-order valence-electron chi connectivity index (χ1n) is 11.9. The maximum Gasteiger partial charge on any atom is 0.495 e. The highest BCUT2D eigenvalue weighted by Gasteiger charge is 2.52. The summed E-state index contributed by atoms with van der Waals surface area (Å²) in [7, 11) is -0.635. The average Bonchev–Trinajstić information content (AvgIpc) is 3.39. The number of halogens is 1. The number of carbonyl (C=O) groups excluding carboxylic acids is 1. The monoisotopic (exact) mass is 471 g/mol. The Balaban J connectivity index is 1.57. The zero-order chi connectivity index (χ0) is 25.1. The number of nitrogens with one attached hydrogen (secondary N) is 1. The second-order valence-electron chi connectivity index (χ2n) is 11.3. The number of hydrogen-bond donors (Lipinski definition) is 1. The molecule has 1 N–H and O–H groups in total. The minimum atomic E-state index is -0.635. The molecule has 0 unspecified atom stereocenters. The van der Waals surface area contributed by atoms with Crippen molar-refractivity contribution in [2.24, 2.45) is 0 Å². The van der Waals surface area contributed by atoms with Crippen LogP contribution in [-0.4, -0.2) is 51.4 Å². The number of aromatic amines is 1. The molecule has 9 heteroatoms. The van der Waals surface area contributed by atoms with Crippen LogP contribution in [0.1, 0.15) is 78.7 Å². The predicted molar refractivity (Wildman–Crippen MR) is 129 cm³/mol. The second-order valence-corrected chi connectivity index (χ2v) is 11.3. The molecule has 0 saturated carbocycles. The smallest absolute Gasteiger partial charge is 0.444 e. The molecule has 7 nitrogen and oxygen atoms in total. The molecule has 0 aliphatic carbocycles. The molecule has 1 atom stereocenters. The van der Waals surface area contributed by atoms with E-state index in [9.17, 15) is 4.79 Å². The minimum Gasteiger partial charge on any atom is -0.444 e. The number of aromatic nitrogens is 2. The van der Waals surface area contributed by atoms with Gasteiger partial charge in [0.1, 0.15) is 17.2 Å². The first kappa shape index (κ1) is 24.7. The van der Waals surface area contributed by atoms with E-state index in [2.05, 4.69) is 9.97 Å². The van der Waals surface area contributed by atoms with Crippen molar-refractivity contribution in [3.63, 3.8) is 0 Å². The van der Waals surface area contributed by atoms with Gasteiger partial charge in [-0.1, -0.05) is 5.56 Å². The number of aryl methyl sites for hydroxylation is 1. The third-order valence-corrected chi connectivity index (χ3v) is 6.93. The van der Waals surface area contributed by atoms with E-state index in [0.717, 1.165) is 18.4 Å². The molecule has 2 saturated heterocycles. The Morgan fingerprint density at radius 2 is 1.88 bits per heavy atom. The highest BCUT2D eigenvalue weighted by Crippen LogP contribution is 2.37. The maximum absolute atomic E-state index is 15.3. The number of likely N-dealkylation sites (tertiary alicyclic amines) is 1. The molecule has 2 aliphatic heterocycles. The lowest BCUT2D eigenvalue weighted by Gasteiger charge is -2.32. The van der Waals surface area contributed by atoms with Crippen molar-refractivity contribution in [1.29, 1.82) is 0 Å². The van der Waals surface area contributed by atoms with Crippen molar-refractivity contribution < 1.29 is 23.2 Å². The Bertz CT molecular complexity index is 1080. The molecule has 0 spiro atoms. The Kier molecular flexibility index (Phi) is 6.09. The van der Waals surface area contributed by atoms with Crippen molar-refractivity contribution in [1.82, 2.24) is 14.9 Å². The summed E-state index contributed by atoms with van der Waals surface area (Å²) in [5.41, 5.74) is 0.834. The third-order valence-electron chi connectivity index (χ3n) is 6.93. The second kappa shape index (κ2) is 8.38. The van der Waals surface area contributed by atoms with E-state index >= 15 is 4.39 Å². The van der Waals surface area contributed by atoms with Crippen molar-refractivity contribution in [3.05, 3.63) is 35.5 Å². The molecule has 0 radical (unpaired) electrons. The van der Waals surface area contributed by atoms with Crippen molar-refractivity contribution in [2.75, 3.05) is 6.54 Å². The van der Waals surface area contributed by atoms with Gasteiger partial charge in [-0.25, -0.2) is 14.2 Å². The summed E-state index contributed by atoms with van der Waals surface area (Å²) in [5, 5.41) is 0. The quantitative estimate of drug-likeness (QED) is 0.645. The van der Waals surface area contributed by atoms with Gasteiger partial charge in [0.2, 0.25) is 0 Å². The number of H-pyrrole nitrogens is 1. The van der Waals surface area contributed by atoms with E-state index in [-0.39, 0.29) is 12.1 Å². The lowest BCUT2D eigenvalue weighted by molar-refractivity contribution is 0.00578. The summed E-state index contributed by atoms with van der Waals surface area (Å²) in [6.07, 6.45) is 2.96. The van der Waals surface area contributed by atoms with Crippen LogP contribution in [0.4, 0.5) is 9.18 Å². The standard InChI is InChI=1S/C25H35BFN3O4/c1-15-12-16(18(27)13-17(15)26-33-24(5,6)25(7,8)34-26)19-14-28-21(29-19)20-10-9-11-30(20)22(31)32-23(2,3)4/h12-14,20H,9-11H2,1-8H3,(H,28,29)/t20-/m0/s1. The van der Waals surface area contributed by atoms with Crippen LogP contribution in [0.5, 0.6) is 0 Å². The lowest BCUT2D eigenvalue weighted by atomic mass is 9.75. The third kappa shape index (κ3) is 4.60. The number of nitrogens with zero attached hydrogens (tertiary/aromatic N) is 2. The van der Waals surface area contributed by atoms with Gasteiger partial charge in [0.15, 0.2) is 0 Å². The highest BCUT2D eigenvalue weighted by molar-refractivity contribution is 6.62. The molecule has 34 heavy (non-hydrogen) atoms. The van der Waals surface area contributed by atoms with Crippen LogP contribution in [0.25, 0.3) is 11.3 Å². The van der Waals surface area contributed by atoms with Crippen LogP contribution < -0.4 is 5.46 Å². The summed E-state index contributed by atoms with van der Waals surface area (Å²) in [4.78, 5) is 22.2. The molecular formula is C25H35BFN3O4. The van der Waals surface area contributed by atoms with Gasteiger partial charge >= 0.3 is 13.2 Å². The van der Waals surface area contributed by atoms with E-state index in [1.807, 2.05) is 55.4 Å². The van der Waals surface area contributed by atoms with Crippen LogP contribution >= 0.6 is 0 Å². The van der Waals surface area contributed by atoms with Crippen molar-refractivity contribution in [2.45, 2.75) is 91.1 Å². The molecular weight excluding hydrogens is 436 g/mol. The maximum atomic E-state index is 15.3. The van der Waals surface area contributed by atoms with Gasteiger partial charge < -0.3 is 19.0 Å². The number of hydrogen-bond acceptors (Lipinski definition) is 5. The summed E-state index contributed by atoms with van der Waals surface area (Å²) in [6, 6.07) is 3.02. The van der Waals surface area contributed by atoms with E-state index < -0.39 is 29.7 Å².